The molecule has 0 aliphatic heterocycles. The fourth-order valence-electron chi connectivity index (χ4n) is 0.945. The van der Waals surface area contributed by atoms with Gasteiger partial charge >= 0.3 is 0 Å². The maximum atomic E-state index is 2.25. The first-order chi connectivity index (χ1) is 3.47. The van der Waals surface area contributed by atoms with Crippen LogP contribution in [0.15, 0.2) is 35.5 Å². The molecule has 0 nitrogen and oxygen atoms in total. The summed E-state index contributed by atoms with van der Waals surface area (Å²) >= 11 is 0. The van der Waals surface area contributed by atoms with Crippen LogP contribution in [0.5, 0.6) is 0 Å². The van der Waals surface area contributed by atoms with Gasteiger partial charge in [-0.05, 0) is 17.6 Å². The topological polar surface area (TPSA) is 0 Å². The van der Waals surface area contributed by atoms with Gasteiger partial charge in [0.05, 0.1) is 0 Å². The van der Waals surface area contributed by atoms with E-state index < -0.39 is 0 Å². The van der Waals surface area contributed by atoms with Gasteiger partial charge in [-0.25, -0.2) is 0 Å². The fourth-order valence-corrected chi connectivity index (χ4v) is 0.945. The minimum Gasteiger partial charge on any atom is -0.0726 e. The number of hydrogen-bond donors (Lipinski definition) is 0. The second-order valence-electron chi connectivity index (χ2n) is 1.91. The predicted octanol–water partition coefficient (Wildman–Crippen LogP) is 1.81. The molecule has 7 heavy (non-hydrogen) atoms. The third-order valence-electron chi connectivity index (χ3n) is 1.49. The SMILES string of the molecule is C1=CC2=CCC2=C1. The Morgan fingerprint density at radius 3 is 2.71 bits per heavy atom. The van der Waals surface area contributed by atoms with Crippen molar-refractivity contribution in [2.75, 3.05) is 0 Å². The Hall–Kier alpha value is -0.780. The van der Waals surface area contributed by atoms with Crippen LogP contribution in [0, 0.1) is 0 Å². The molecule has 0 aromatic heterocycles. The molecule has 2 rings (SSSR count). The van der Waals surface area contributed by atoms with E-state index in [2.05, 4.69) is 24.3 Å². The molecule has 0 atom stereocenters. The Labute approximate surface area is 42.8 Å². The van der Waals surface area contributed by atoms with Gasteiger partial charge in [0, 0.05) is 0 Å². The molecule has 0 bridgehead atoms. The summed E-state index contributed by atoms with van der Waals surface area (Å²) in [5.74, 6) is 0. The summed E-state index contributed by atoms with van der Waals surface area (Å²) in [5.41, 5.74) is 2.96. The van der Waals surface area contributed by atoms with Gasteiger partial charge in [0.2, 0.25) is 0 Å². The lowest BCUT2D eigenvalue weighted by molar-refractivity contribution is 1.15. The Morgan fingerprint density at radius 2 is 2.43 bits per heavy atom. The van der Waals surface area contributed by atoms with Crippen molar-refractivity contribution in [3.8, 4) is 0 Å². The maximum Gasteiger partial charge on any atom is -0.00825 e. The minimum absolute atomic E-state index is 1.20. The van der Waals surface area contributed by atoms with E-state index in [4.69, 9.17) is 0 Å². The Balaban J connectivity index is 2.60. The van der Waals surface area contributed by atoms with Crippen LogP contribution in [0.2, 0.25) is 0 Å². The van der Waals surface area contributed by atoms with Crippen LogP contribution in [0.1, 0.15) is 6.42 Å². The summed E-state index contributed by atoms with van der Waals surface area (Å²) in [6, 6.07) is 0. The number of rotatable bonds is 0. The molecule has 34 valence electrons. The van der Waals surface area contributed by atoms with Gasteiger partial charge in [0.1, 0.15) is 0 Å². The molecule has 0 unspecified atom stereocenters. The van der Waals surface area contributed by atoms with Crippen LogP contribution in [0.3, 0.4) is 0 Å². The van der Waals surface area contributed by atoms with Crippen molar-refractivity contribution in [2.45, 2.75) is 6.42 Å². The molecular formula is C7H6. The highest BCUT2D eigenvalue weighted by molar-refractivity contribution is 5.55. The molecule has 0 saturated heterocycles. The van der Waals surface area contributed by atoms with E-state index >= 15 is 0 Å². The lowest BCUT2D eigenvalue weighted by atomic mass is 9.95. The second-order valence-corrected chi connectivity index (χ2v) is 1.91. The summed E-state index contributed by atoms with van der Waals surface area (Å²) < 4.78 is 0. The third-order valence-corrected chi connectivity index (χ3v) is 1.49. The van der Waals surface area contributed by atoms with Crippen molar-refractivity contribution >= 4 is 0 Å². The smallest absolute Gasteiger partial charge is 0.00825 e. The minimum atomic E-state index is 1.20. The lowest BCUT2D eigenvalue weighted by Crippen LogP contribution is -1.91. The van der Waals surface area contributed by atoms with Crippen LogP contribution >= 0.6 is 0 Å². The zero-order valence-electron chi connectivity index (χ0n) is 4.02. The molecule has 0 saturated carbocycles. The molecule has 0 amide bonds. The number of allylic oxidation sites excluding steroid dienone is 6. The van der Waals surface area contributed by atoms with Crippen molar-refractivity contribution < 1.29 is 0 Å². The van der Waals surface area contributed by atoms with Crippen LogP contribution < -0.4 is 0 Å². The van der Waals surface area contributed by atoms with Gasteiger partial charge in [-0.3, -0.25) is 0 Å². The molecule has 0 heterocycles. The highest BCUT2D eigenvalue weighted by Gasteiger charge is 2.11. The van der Waals surface area contributed by atoms with Gasteiger partial charge < -0.3 is 0 Å². The molecule has 0 spiro atoms. The van der Waals surface area contributed by atoms with E-state index in [0.717, 1.165) is 0 Å². The summed E-state index contributed by atoms with van der Waals surface area (Å²) in [4.78, 5) is 0. The van der Waals surface area contributed by atoms with Crippen LogP contribution in [-0.2, 0) is 0 Å². The van der Waals surface area contributed by atoms with Gasteiger partial charge in [-0.2, -0.15) is 0 Å². The zero-order valence-corrected chi connectivity index (χ0v) is 4.02. The summed E-state index contributed by atoms with van der Waals surface area (Å²) in [5, 5.41) is 0. The maximum absolute atomic E-state index is 2.25. The Morgan fingerprint density at radius 1 is 1.43 bits per heavy atom. The molecule has 0 radical (unpaired) electrons. The third kappa shape index (κ3) is 0.268. The van der Waals surface area contributed by atoms with Crippen molar-refractivity contribution in [2.24, 2.45) is 0 Å². The first-order valence-electron chi connectivity index (χ1n) is 2.54. The quantitative estimate of drug-likeness (QED) is 0.425. The highest BCUT2D eigenvalue weighted by atomic mass is 14.2. The van der Waals surface area contributed by atoms with E-state index in [9.17, 15) is 0 Å². The van der Waals surface area contributed by atoms with E-state index in [1.807, 2.05) is 0 Å². The second kappa shape index (κ2) is 0.890. The largest absolute Gasteiger partial charge is 0.0726 e. The summed E-state index contributed by atoms with van der Waals surface area (Å²) in [6.07, 6.45) is 9.88. The van der Waals surface area contributed by atoms with Crippen LogP contribution in [0.25, 0.3) is 0 Å². The average molecular weight is 90.1 g/mol. The lowest BCUT2D eigenvalue weighted by Gasteiger charge is -2.09. The van der Waals surface area contributed by atoms with Crippen LogP contribution in [-0.4, -0.2) is 0 Å². The molecular weight excluding hydrogens is 84.1 g/mol. The first kappa shape index (κ1) is 3.25. The Bertz CT molecular complexity index is 180. The van der Waals surface area contributed by atoms with Crippen molar-refractivity contribution in [1.82, 2.24) is 0 Å². The molecule has 0 N–H and O–H groups in total. The average Bonchev–Trinajstić information content (AvgIpc) is 1.85. The molecule has 0 fully saturated rings. The predicted molar refractivity (Wildman–Crippen MR) is 29.9 cm³/mol. The first-order valence-corrected chi connectivity index (χ1v) is 2.54. The van der Waals surface area contributed by atoms with Gasteiger partial charge in [-0.1, -0.05) is 24.3 Å². The zero-order chi connectivity index (χ0) is 4.69. The standard InChI is InChI=1S/C7H6/c1-2-6-4-5-7(6)3-1/h1-4H,5H2. The molecule has 0 heteroatoms. The van der Waals surface area contributed by atoms with E-state index in [0.29, 0.717) is 0 Å². The normalized spacial score (nSPS) is 22.9. The van der Waals surface area contributed by atoms with Crippen molar-refractivity contribution in [1.29, 1.82) is 0 Å². The fraction of sp³-hybridized carbons (Fsp3) is 0.143. The molecule has 0 aromatic rings. The van der Waals surface area contributed by atoms with Crippen LogP contribution in [0.4, 0.5) is 0 Å². The van der Waals surface area contributed by atoms with E-state index in [1.165, 1.54) is 17.6 Å². The monoisotopic (exact) mass is 90.0 g/mol. The number of hydrogen-bond acceptors (Lipinski definition) is 0. The molecule has 2 aliphatic carbocycles. The van der Waals surface area contributed by atoms with Gasteiger partial charge in [0.15, 0.2) is 0 Å². The van der Waals surface area contributed by atoms with Crippen molar-refractivity contribution in [3.05, 3.63) is 35.5 Å². The molecule has 0 aromatic carbocycles. The van der Waals surface area contributed by atoms with Gasteiger partial charge in [0.25, 0.3) is 0 Å². The highest BCUT2D eigenvalue weighted by Crippen LogP contribution is 2.30. The summed E-state index contributed by atoms with van der Waals surface area (Å²) in [7, 11) is 0. The Kier molecular flexibility index (Phi) is 0.413. The molecule has 2 aliphatic rings. The number of fused-ring (bicyclic) bond motifs is 1. The summed E-state index contributed by atoms with van der Waals surface area (Å²) in [6.45, 7) is 0. The van der Waals surface area contributed by atoms with Crippen molar-refractivity contribution in [3.63, 3.8) is 0 Å². The van der Waals surface area contributed by atoms with E-state index in [-0.39, 0.29) is 0 Å². The van der Waals surface area contributed by atoms with E-state index in [1.54, 1.807) is 0 Å². The van der Waals surface area contributed by atoms with Gasteiger partial charge in [-0.15, -0.1) is 0 Å².